The highest BCUT2D eigenvalue weighted by atomic mass is 19.4. The van der Waals surface area contributed by atoms with Crippen LogP contribution in [0.15, 0.2) is 66.8 Å². The van der Waals surface area contributed by atoms with Gasteiger partial charge in [-0.1, -0.05) is 42.5 Å². The lowest BCUT2D eigenvalue weighted by atomic mass is 9.95. The number of rotatable bonds is 6. The lowest BCUT2D eigenvalue weighted by molar-refractivity contribution is -0.137. The quantitative estimate of drug-likeness (QED) is 0.569. The molecule has 0 atom stereocenters. The molecule has 0 heterocycles. The summed E-state index contributed by atoms with van der Waals surface area (Å²) in [6, 6.07) is 11.8. The van der Waals surface area contributed by atoms with Gasteiger partial charge in [-0.05, 0) is 36.3 Å². The molecule has 1 N–H and O–H groups in total. The smallest absolute Gasteiger partial charge is 0.416 e. The van der Waals surface area contributed by atoms with Crippen molar-refractivity contribution in [3.8, 4) is 5.75 Å². The zero-order chi connectivity index (χ0) is 19.2. The third-order valence-electron chi connectivity index (χ3n) is 3.50. The van der Waals surface area contributed by atoms with Crippen LogP contribution >= 0.6 is 0 Å². The van der Waals surface area contributed by atoms with Crippen molar-refractivity contribution in [2.45, 2.75) is 13.1 Å². The van der Waals surface area contributed by atoms with Crippen LogP contribution in [0.5, 0.6) is 5.75 Å². The highest BCUT2D eigenvalue weighted by Gasteiger charge is 2.30. The first-order valence-corrected chi connectivity index (χ1v) is 7.84. The fourth-order valence-electron chi connectivity index (χ4n) is 2.38. The van der Waals surface area contributed by atoms with E-state index in [-0.39, 0.29) is 0 Å². The molecule has 0 amide bonds. The van der Waals surface area contributed by atoms with Gasteiger partial charge in [0.15, 0.2) is 0 Å². The predicted octanol–water partition coefficient (Wildman–Crippen LogP) is 5.18. The Hall–Kier alpha value is -3.02. The summed E-state index contributed by atoms with van der Waals surface area (Å²) in [6.07, 6.45) is -0.602. The summed E-state index contributed by atoms with van der Waals surface area (Å²) in [6.45, 7) is 2.24. The van der Waals surface area contributed by atoms with Crippen molar-refractivity contribution < 1.29 is 27.8 Å². The largest absolute Gasteiger partial charge is 0.493 e. The molecule has 0 aliphatic heterocycles. The Morgan fingerprint density at radius 2 is 1.77 bits per heavy atom. The van der Waals surface area contributed by atoms with Gasteiger partial charge in [-0.25, -0.2) is 4.79 Å². The first-order valence-electron chi connectivity index (χ1n) is 7.84. The van der Waals surface area contributed by atoms with Crippen molar-refractivity contribution in [2.75, 3.05) is 6.61 Å². The first kappa shape index (κ1) is 19.3. The van der Waals surface area contributed by atoms with Gasteiger partial charge in [-0.2, -0.15) is 13.2 Å². The average molecular weight is 362 g/mol. The monoisotopic (exact) mass is 362 g/mol. The summed E-state index contributed by atoms with van der Waals surface area (Å²) >= 11 is 0. The van der Waals surface area contributed by atoms with Crippen molar-refractivity contribution >= 4 is 11.5 Å². The van der Waals surface area contributed by atoms with E-state index in [1.54, 1.807) is 24.3 Å². The molecule has 0 aliphatic carbocycles. The zero-order valence-corrected chi connectivity index (χ0v) is 14.0. The Morgan fingerprint density at radius 3 is 2.35 bits per heavy atom. The molecule has 2 aromatic rings. The number of carboxylic acids is 1. The Balaban J connectivity index is 2.54. The van der Waals surface area contributed by atoms with Crippen LogP contribution in [0.1, 0.15) is 23.6 Å². The predicted molar refractivity (Wildman–Crippen MR) is 92.9 cm³/mol. The molecule has 2 aromatic carbocycles. The highest BCUT2D eigenvalue weighted by Crippen LogP contribution is 2.34. The van der Waals surface area contributed by atoms with E-state index in [0.717, 1.165) is 18.2 Å². The van der Waals surface area contributed by atoms with Crippen LogP contribution in [0.4, 0.5) is 13.2 Å². The summed E-state index contributed by atoms with van der Waals surface area (Å²) in [5.41, 5.74) is 0.976. The van der Waals surface area contributed by atoms with E-state index in [2.05, 4.69) is 0 Å². The number of hydrogen-bond acceptors (Lipinski definition) is 2. The second-order valence-corrected chi connectivity index (χ2v) is 5.28. The molecule has 0 radical (unpaired) electrons. The summed E-state index contributed by atoms with van der Waals surface area (Å²) in [4.78, 5) is 10.7. The normalized spacial score (nSPS) is 12.4. The Morgan fingerprint density at radius 1 is 1.12 bits per heavy atom. The second-order valence-electron chi connectivity index (χ2n) is 5.28. The van der Waals surface area contributed by atoms with Crippen LogP contribution in [0.25, 0.3) is 5.57 Å². The molecule has 0 bridgehead atoms. The van der Waals surface area contributed by atoms with Crippen molar-refractivity contribution in [1.82, 2.24) is 0 Å². The van der Waals surface area contributed by atoms with Gasteiger partial charge in [-0.15, -0.1) is 0 Å². The van der Waals surface area contributed by atoms with E-state index in [0.29, 0.717) is 29.1 Å². The molecular weight excluding hydrogens is 345 g/mol. The third-order valence-corrected chi connectivity index (χ3v) is 3.50. The minimum absolute atomic E-state index is 0.419. The Labute approximate surface area is 149 Å². The van der Waals surface area contributed by atoms with Gasteiger partial charge in [0.25, 0.3) is 0 Å². The number of hydrogen-bond donors (Lipinski definition) is 1. The minimum Gasteiger partial charge on any atom is -0.493 e. The van der Waals surface area contributed by atoms with Crippen molar-refractivity contribution in [3.63, 3.8) is 0 Å². The molecule has 0 aromatic heterocycles. The number of carbonyl (C=O) groups is 1. The Bertz CT molecular complexity index is 819. The molecule has 3 nitrogen and oxygen atoms in total. The highest BCUT2D eigenvalue weighted by molar-refractivity contribution is 5.85. The first-order chi connectivity index (χ1) is 12.3. The number of alkyl halides is 3. The van der Waals surface area contributed by atoms with Crippen molar-refractivity contribution in [2.24, 2.45) is 0 Å². The van der Waals surface area contributed by atoms with Crippen LogP contribution in [0.3, 0.4) is 0 Å². The van der Waals surface area contributed by atoms with E-state index >= 15 is 0 Å². The lowest BCUT2D eigenvalue weighted by Gasteiger charge is -2.14. The van der Waals surface area contributed by atoms with Gasteiger partial charge < -0.3 is 9.84 Å². The summed E-state index contributed by atoms with van der Waals surface area (Å²) in [5.74, 6) is -0.559. The molecule has 2 rings (SSSR count). The molecular formula is C20H17F3O3. The summed E-state index contributed by atoms with van der Waals surface area (Å²) in [5, 5.41) is 8.77. The van der Waals surface area contributed by atoms with Crippen LogP contribution in [-0.2, 0) is 11.0 Å². The van der Waals surface area contributed by atoms with Crippen LogP contribution in [-0.4, -0.2) is 17.7 Å². The van der Waals surface area contributed by atoms with Crippen molar-refractivity contribution in [3.05, 3.63) is 83.4 Å². The fraction of sp³-hybridized carbons (Fsp3) is 0.150. The molecule has 6 heteroatoms. The van der Waals surface area contributed by atoms with Gasteiger partial charge in [0.2, 0.25) is 0 Å². The molecule has 0 aliphatic rings. The zero-order valence-electron chi connectivity index (χ0n) is 14.0. The van der Waals surface area contributed by atoms with Gasteiger partial charge in [0, 0.05) is 11.6 Å². The molecule has 0 unspecified atom stereocenters. The maximum Gasteiger partial charge on any atom is 0.416 e. The lowest BCUT2D eigenvalue weighted by Crippen LogP contribution is -2.04. The molecule has 136 valence electrons. The van der Waals surface area contributed by atoms with Gasteiger partial charge >= 0.3 is 12.1 Å². The van der Waals surface area contributed by atoms with E-state index < -0.39 is 17.7 Å². The molecule has 26 heavy (non-hydrogen) atoms. The van der Waals surface area contributed by atoms with E-state index in [1.165, 1.54) is 24.3 Å². The second kappa shape index (κ2) is 8.38. The topological polar surface area (TPSA) is 46.5 Å². The average Bonchev–Trinajstić information content (AvgIpc) is 2.59. The summed E-state index contributed by atoms with van der Waals surface area (Å²) in [7, 11) is 0. The van der Waals surface area contributed by atoms with E-state index in [1.807, 2.05) is 6.92 Å². The Kier molecular flexibility index (Phi) is 6.22. The van der Waals surface area contributed by atoms with E-state index in [4.69, 9.17) is 9.84 Å². The van der Waals surface area contributed by atoms with Gasteiger partial charge in [0.05, 0.1) is 12.2 Å². The number of para-hydroxylation sites is 1. The number of aliphatic carboxylic acids is 1. The van der Waals surface area contributed by atoms with Crippen LogP contribution in [0.2, 0.25) is 0 Å². The number of benzene rings is 2. The number of carboxylic acid groups (broad SMARTS) is 1. The van der Waals surface area contributed by atoms with Crippen molar-refractivity contribution in [1.29, 1.82) is 0 Å². The SMILES string of the molecule is CCOc1ccccc1/C(=C\C=C\C(=O)O)c1ccc(C(F)(F)F)cc1. The van der Waals surface area contributed by atoms with E-state index in [9.17, 15) is 18.0 Å². The van der Waals surface area contributed by atoms with Gasteiger partial charge in [0.1, 0.15) is 5.75 Å². The fourth-order valence-corrected chi connectivity index (χ4v) is 2.38. The number of allylic oxidation sites excluding steroid dienone is 2. The molecule has 0 saturated heterocycles. The van der Waals surface area contributed by atoms with Crippen LogP contribution in [0, 0.1) is 0 Å². The standard InChI is InChI=1S/C20H17F3O3/c1-2-26-18-8-4-3-6-17(18)16(7-5-9-19(24)25)14-10-12-15(13-11-14)20(21,22)23/h3-13H,2H2,1H3,(H,24,25)/b9-5+,16-7-. The number of ether oxygens (including phenoxy) is 1. The minimum atomic E-state index is -4.42. The maximum absolute atomic E-state index is 12.8. The maximum atomic E-state index is 12.8. The molecule has 0 saturated carbocycles. The number of halogens is 3. The third kappa shape index (κ3) is 4.99. The summed E-state index contributed by atoms with van der Waals surface area (Å²) < 4.78 is 43.9. The molecule has 0 fully saturated rings. The van der Waals surface area contributed by atoms with Gasteiger partial charge in [-0.3, -0.25) is 0 Å². The molecule has 0 spiro atoms. The van der Waals surface area contributed by atoms with Crippen LogP contribution < -0.4 is 4.74 Å².